The molecule has 1 fully saturated rings. The molecule has 2 aromatic carbocycles. The third kappa shape index (κ3) is 2.37. The van der Waals surface area contributed by atoms with E-state index in [1.807, 2.05) is 0 Å². The standard InChI is InChI=1S/C20H19NO8/c1-20-9-3-2-4-11(22)12(9)14(23)8(6-29-20)10(20)5-7-15(24)17(26)13(19(21)28)18(27)16(7)25/h2-4,8,10,22,24-27H,5-6H2,1H3,(H2,21,28)/t8-,10+,20-/m1/s1. The van der Waals surface area contributed by atoms with Crippen LogP contribution in [0.4, 0.5) is 0 Å². The number of fused-ring (bicyclic) bond motifs is 4. The summed E-state index contributed by atoms with van der Waals surface area (Å²) in [4.78, 5) is 24.4. The molecular formula is C20H19NO8. The Kier molecular flexibility index (Phi) is 3.92. The lowest BCUT2D eigenvalue weighted by atomic mass is 9.66. The van der Waals surface area contributed by atoms with Crippen molar-refractivity contribution in [1.29, 1.82) is 0 Å². The van der Waals surface area contributed by atoms with Gasteiger partial charge in [0.15, 0.2) is 28.8 Å². The number of rotatable bonds is 3. The zero-order chi connectivity index (χ0) is 21.2. The Morgan fingerprint density at radius 3 is 2.34 bits per heavy atom. The first-order valence-electron chi connectivity index (χ1n) is 8.88. The zero-order valence-electron chi connectivity index (χ0n) is 15.3. The van der Waals surface area contributed by atoms with Gasteiger partial charge >= 0.3 is 0 Å². The number of aromatic hydroxyl groups is 5. The van der Waals surface area contributed by atoms with E-state index < -0.39 is 51.9 Å². The number of amides is 1. The van der Waals surface area contributed by atoms with Crippen LogP contribution in [-0.4, -0.2) is 43.8 Å². The average Bonchev–Trinajstić information content (AvgIpc) is 2.94. The molecule has 152 valence electrons. The number of hydrogen-bond donors (Lipinski definition) is 6. The van der Waals surface area contributed by atoms with Gasteiger partial charge in [-0.25, -0.2) is 0 Å². The van der Waals surface area contributed by atoms with Crippen LogP contribution >= 0.6 is 0 Å². The van der Waals surface area contributed by atoms with Gasteiger partial charge < -0.3 is 36.0 Å². The largest absolute Gasteiger partial charge is 0.507 e. The third-order valence-corrected chi connectivity index (χ3v) is 6.08. The van der Waals surface area contributed by atoms with E-state index in [1.165, 1.54) is 6.07 Å². The van der Waals surface area contributed by atoms with Crippen LogP contribution in [0.1, 0.15) is 38.8 Å². The fraction of sp³-hybridized carbons (Fsp3) is 0.300. The minimum absolute atomic E-state index is 0.0625. The van der Waals surface area contributed by atoms with E-state index in [0.717, 1.165) is 0 Å². The molecule has 1 aliphatic carbocycles. The molecule has 2 bridgehead atoms. The summed E-state index contributed by atoms with van der Waals surface area (Å²) in [7, 11) is 0. The molecule has 4 rings (SSSR count). The molecule has 29 heavy (non-hydrogen) atoms. The van der Waals surface area contributed by atoms with E-state index in [2.05, 4.69) is 0 Å². The molecule has 0 radical (unpaired) electrons. The van der Waals surface area contributed by atoms with Crippen LogP contribution in [0.2, 0.25) is 0 Å². The average molecular weight is 401 g/mol. The van der Waals surface area contributed by atoms with Crippen LogP contribution in [0.25, 0.3) is 0 Å². The summed E-state index contributed by atoms with van der Waals surface area (Å²) in [5, 5.41) is 51.0. The number of phenols is 5. The highest BCUT2D eigenvalue weighted by Gasteiger charge is 2.56. The maximum Gasteiger partial charge on any atom is 0.256 e. The molecule has 2 aliphatic rings. The Hall–Kier alpha value is -3.46. The van der Waals surface area contributed by atoms with Crippen molar-refractivity contribution in [2.75, 3.05) is 6.61 Å². The Balaban J connectivity index is 1.85. The van der Waals surface area contributed by atoms with Crippen LogP contribution in [0.15, 0.2) is 18.2 Å². The van der Waals surface area contributed by atoms with Crippen LogP contribution in [-0.2, 0) is 16.8 Å². The van der Waals surface area contributed by atoms with Gasteiger partial charge in [0.1, 0.15) is 11.3 Å². The highest BCUT2D eigenvalue weighted by Crippen LogP contribution is 2.56. The van der Waals surface area contributed by atoms with Gasteiger partial charge in [-0.1, -0.05) is 12.1 Å². The Morgan fingerprint density at radius 1 is 1.14 bits per heavy atom. The number of carbonyl (C=O) groups excluding carboxylic acids is 2. The van der Waals surface area contributed by atoms with Crippen molar-refractivity contribution in [2.24, 2.45) is 17.6 Å². The normalized spacial score (nSPS) is 25.1. The maximum absolute atomic E-state index is 13.0. The van der Waals surface area contributed by atoms with E-state index in [-0.39, 0.29) is 35.7 Å². The quantitative estimate of drug-likeness (QED) is 0.329. The van der Waals surface area contributed by atoms with Crippen LogP contribution < -0.4 is 5.73 Å². The van der Waals surface area contributed by atoms with E-state index in [4.69, 9.17) is 10.5 Å². The van der Waals surface area contributed by atoms with Crippen LogP contribution in [0, 0.1) is 11.8 Å². The molecule has 9 heteroatoms. The SMILES string of the molecule is C[C@@]12OC[C@@H](C(=O)c3c(O)cccc31)[C@@H]2Cc1c(O)c(O)c(C(N)=O)c(O)c1O. The summed E-state index contributed by atoms with van der Waals surface area (Å²) >= 11 is 0. The van der Waals surface area contributed by atoms with Crippen molar-refractivity contribution < 1.29 is 39.9 Å². The van der Waals surface area contributed by atoms with Gasteiger partial charge in [-0.2, -0.15) is 0 Å². The molecule has 1 amide bonds. The lowest BCUT2D eigenvalue weighted by Crippen LogP contribution is -2.41. The van der Waals surface area contributed by atoms with Crippen molar-refractivity contribution in [3.05, 3.63) is 40.5 Å². The number of nitrogens with two attached hydrogens (primary N) is 1. The Bertz CT molecular complexity index is 1050. The summed E-state index contributed by atoms with van der Waals surface area (Å²) in [5.74, 6) is -6.53. The summed E-state index contributed by atoms with van der Waals surface area (Å²) < 4.78 is 5.91. The second kappa shape index (κ2) is 6.02. The fourth-order valence-electron chi connectivity index (χ4n) is 4.53. The van der Waals surface area contributed by atoms with Crippen molar-refractivity contribution in [2.45, 2.75) is 18.9 Å². The molecule has 1 saturated heterocycles. The van der Waals surface area contributed by atoms with Crippen LogP contribution in [0.3, 0.4) is 0 Å². The summed E-state index contributed by atoms with van der Waals surface area (Å²) in [6.45, 7) is 1.79. The minimum Gasteiger partial charge on any atom is -0.507 e. The lowest BCUT2D eigenvalue weighted by molar-refractivity contribution is -0.0113. The van der Waals surface area contributed by atoms with Gasteiger partial charge in [0.05, 0.1) is 23.7 Å². The molecule has 1 aliphatic heterocycles. The monoisotopic (exact) mass is 401 g/mol. The molecule has 0 aromatic heterocycles. The molecule has 0 saturated carbocycles. The van der Waals surface area contributed by atoms with Gasteiger partial charge in [-0.15, -0.1) is 0 Å². The summed E-state index contributed by atoms with van der Waals surface area (Å²) in [6.07, 6.45) is -0.153. The molecule has 7 N–H and O–H groups in total. The Labute approximate surface area is 164 Å². The van der Waals surface area contributed by atoms with E-state index in [1.54, 1.807) is 19.1 Å². The number of phenolic OH excluding ortho intramolecular Hbond substituents is 3. The molecule has 3 atom stereocenters. The zero-order valence-corrected chi connectivity index (χ0v) is 15.3. The smallest absolute Gasteiger partial charge is 0.256 e. The number of carbonyl (C=O) groups is 2. The Morgan fingerprint density at radius 2 is 1.76 bits per heavy atom. The summed E-state index contributed by atoms with van der Waals surface area (Å²) in [6, 6.07) is 4.66. The second-order valence-corrected chi connectivity index (χ2v) is 7.51. The van der Waals surface area contributed by atoms with Crippen molar-refractivity contribution in [3.63, 3.8) is 0 Å². The highest BCUT2D eigenvalue weighted by atomic mass is 16.5. The van der Waals surface area contributed by atoms with Crippen LogP contribution in [0.5, 0.6) is 28.7 Å². The molecule has 2 aromatic rings. The predicted octanol–water partition coefficient (Wildman–Crippen LogP) is 1.23. The van der Waals surface area contributed by atoms with Crippen molar-refractivity contribution in [3.8, 4) is 28.7 Å². The topological polar surface area (TPSA) is 171 Å². The molecular weight excluding hydrogens is 382 g/mol. The van der Waals surface area contributed by atoms with Gasteiger partial charge in [0.2, 0.25) is 0 Å². The molecule has 0 unspecified atom stereocenters. The number of benzene rings is 2. The van der Waals surface area contributed by atoms with Crippen molar-refractivity contribution in [1.82, 2.24) is 0 Å². The number of ketones is 1. The number of primary amides is 1. The third-order valence-electron chi connectivity index (χ3n) is 6.08. The van der Waals surface area contributed by atoms with E-state index in [0.29, 0.717) is 5.56 Å². The number of Topliss-reactive ketones (excluding diaryl/α,β-unsaturated/α-hetero) is 1. The molecule has 1 heterocycles. The second-order valence-electron chi connectivity index (χ2n) is 7.51. The van der Waals surface area contributed by atoms with Gasteiger partial charge in [0.25, 0.3) is 5.91 Å². The first-order valence-corrected chi connectivity index (χ1v) is 8.88. The molecule has 9 nitrogen and oxygen atoms in total. The van der Waals surface area contributed by atoms with Gasteiger partial charge in [-0.3, -0.25) is 9.59 Å². The number of hydrogen-bond acceptors (Lipinski definition) is 8. The highest BCUT2D eigenvalue weighted by molar-refractivity contribution is 6.04. The predicted molar refractivity (Wildman–Crippen MR) is 98.0 cm³/mol. The lowest BCUT2D eigenvalue weighted by Gasteiger charge is -2.38. The summed E-state index contributed by atoms with van der Waals surface area (Å²) in [5.41, 5.74) is 3.66. The molecule has 0 spiro atoms. The maximum atomic E-state index is 13.0. The first kappa shape index (κ1) is 18.9. The van der Waals surface area contributed by atoms with E-state index in [9.17, 15) is 35.1 Å². The minimum atomic E-state index is -1.23. The van der Waals surface area contributed by atoms with Gasteiger partial charge in [-0.05, 0) is 25.0 Å². The van der Waals surface area contributed by atoms with Gasteiger partial charge in [0, 0.05) is 11.5 Å². The fourth-order valence-corrected chi connectivity index (χ4v) is 4.53. The van der Waals surface area contributed by atoms with E-state index >= 15 is 0 Å². The van der Waals surface area contributed by atoms with Crippen molar-refractivity contribution >= 4 is 11.7 Å². The number of ether oxygens (including phenoxy) is 1. The first-order chi connectivity index (χ1) is 13.6.